The summed E-state index contributed by atoms with van der Waals surface area (Å²) < 4.78 is 10.2. The first kappa shape index (κ1) is 10.6. The first-order chi connectivity index (χ1) is 7.40. The summed E-state index contributed by atoms with van der Waals surface area (Å²) in [4.78, 5) is 0. The number of rotatable bonds is 5. The van der Waals surface area contributed by atoms with Crippen molar-refractivity contribution in [2.75, 3.05) is 13.2 Å². The lowest BCUT2D eigenvalue weighted by atomic mass is 9.97. The Hall–Kier alpha value is -0.870. The van der Waals surface area contributed by atoms with E-state index in [1.807, 2.05) is 6.07 Å². The standard InChI is InChI=1S/C11H18N2O2/c1-2-11(9-3-5-14-8-9)12-7-10-4-6-15-13-10/h4,6,9,11-12H,2-3,5,7-8H2,1H3. The largest absolute Gasteiger partial charge is 0.381 e. The van der Waals surface area contributed by atoms with Gasteiger partial charge in [-0.05, 0) is 18.8 Å². The van der Waals surface area contributed by atoms with E-state index >= 15 is 0 Å². The van der Waals surface area contributed by atoms with Crippen molar-refractivity contribution in [3.8, 4) is 0 Å². The highest BCUT2D eigenvalue weighted by Gasteiger charge is 2.23. The average Bonchev–Trinajstić information content (AvgIpc) is 2.90. The van der Waals surface area contributed by atoms with E-state index in [2.05, 4.69) is 17.4 Å². The molecule has 2 heterocycles. The fraction of sp³-hybridized carbons (Fsp3) is 0.727. The Bertz CT molecular complexity index is 268. The molecule has 1 aliphatic rings. The Kier molecular flexibility index (Phi) is 3.75. The monoisotopic (exact) mass is 210 g/mol. The molecule has 1 fully saturated rings. The molecule has 0 spiro atoms. The van der Waals surface area contributed by atoms with Crippen molar-refractivity contribution < 1.29 is 9.26 Å². The molecular formula is C11H18N2O2. The number of nitrogens with zero attached hydrogens (tertiary/aromatic N) is 1. The van der Waals surface area contributed by atoms with Crippen molar-refractivity contribution in [2.24, 2.45) is 5.92 Å². The Morgan fingerprint density at radius 3 is 3.20 bits per heavy atom. The van der Waals surface area contributed by atoms with Crippen LogP contribution in [0, 0.1) is 5.92 Å². The van der Waals surface area contributed by atoms with Crippen LogP contribution in [-0.2, 0) is 11.3 Å². The van der Waals surface area contributed by atoms with Gasteiger partial charge in [0.25, 0.3) is 0 Å². The van der Waals surface area contributed by atoms with E-state index in [1.165, 1.54) is 6.42 Å². The van der Waals surface area contributed by atoms with Crippen LogP contribution in [0.2, 0.25) is 0 Å². The Morgan fingerprint density at radius 1 is 1.67 bits per heavy atom. The maximum absolute atomic E-state index is 5.40. The minimum Gasteiger partial charge on any atom is -0.381 e. The highest BCUT2D eigenvalue weighted by atomic mass is 16.5. The first-order valence-electron chi connectivity index (χ1n) is 5.60. The minimum absolute atomic E-state index is 0.532. The Balaban J connectivity index is 1.80. The van der Waals surface area contributed by atoms with Crippen molar-refractivity contribution in [2.45, 2.75) is 32.4 Å². The van der Waals surface area contributed by atoms with Crippen LogP contribution >= 0.6 is 0 Å². The number of hydrogen-bond donors (Lipinski definition) is 1. The fourth-order valence-electron chi connectivity index (χ4n) is 2.08. The quantitative estimate of drug-likeness (QED) is 0.801. The van der Waals surface area contributed by atoms with Crippen molar-refractivity contribution in [1.29, 1.82) is 0 Å². The van der Waals surface area contributed by atoms with Crippen molar-refractivity contribution in [3.63, 3.8) is 0 Å². The van der Waals surface area contributed by atoms with Gasteiger partial charge in [0.1, 0.15) is 6.26 Å². The highest BCUT2D eigenvalue weighted by Crippen LogP contribution is 2.19. The molecule has 2 atom stereocenters. The van der Waals surface area contributed by atoms with E-state index in [-0.39, 0.29) is 0 Å². The lowest BCUT2D eigenvalue weighted by molar-refractivity contribution is 0.175. The number of aromatic nitrogens is 1. The SMILES string of the molecule is CCC(NCc1ccon1)C1CCOC1. The molecule has 1 aromatic rings. The van der Waals surface area contributed by atoms with Gasteiger partial charge in [-0.1, -0.05) is 12.1 Å². The molecule has 0 saturated carbocycles. The van der Waals surface area contributed by atoms with Crippen LogP contribution in [0.4, 0.5) is 0 Å². The summed E-state index contributed by atoms with van der Waals surface area (Å²) in [7, 11) is 0. The third-order valence-corrected chi connectivity index (χ3v) is 3.01. The zero-order valence-corrected chi connectivity index (χ0v) is 9.11. The molecule has 1 N–H and O–H groups in total. The van der Waals surface area contributed by atoms with E-state index in [9.17, 15) is 0 Å². The molecule has 15 heavy (non-hydrogen) atoms. The van der Waals surface area contributed by atoms with Crippen LogP contribution in [0.15, 0.2) is 16.9 Å². The third-order valence-electron chi connectivity index (χ3n) is 3.01. The summed E-state index contributed by atoms with van der Waals surface area (Å²) in [6.45, 7) is 4.79. The van der Waals surface area contributed by atoms with Gasteiger partial charge >= 0.3 is 0 Å². The lowest BCUT2D eigenvalue weighted by Gasteiger charge is -2.21. The van der Waals surface area contributed by atoms with Crippen LogP contribution < -0.4 is 5.32 Å². The van der Waals surface area contributed by atoms with Gasteiger partial charge in [0, 0.05) is 25.3 Å². The lowest BCUT2D eigenvalue weighted by Crippen LogP contribution is -2.35. The Labute approximate surface area is 90.0 Å². The van der Waals surface area contributed by atoms with Gasteiger partial charge in [0.15, 0.2) is 0 Å². The van der Waals surface area contributed by atoms with Gasteiger partial charge in [-0.15, -0.1) is 0 Å². The van der Waals surface area contributed by atoms with Crippen molar-refractivity contribution >= 4 is 0 Å². The number of hydrogen-bond acceptors (Lipinski definition) is 4. The van der Waals surface area contributed by atoms with Gasteiger partial charge in [-0.2, -0.15) is 0 Å². The van der Waals surface area contributed by atoms with Crippen LogP contribution in [0.5, 0.6) is 0 Å². The molecule has 0 amide bonds. The smallest absolute Gasteiger partial charge is 0.124 e. The molecule has 0 bridgehead atoms. The normalized spacial score (nSPS) is 23.1. The Morgan fingerprint density at radius 2 is 2.60 bits per heavy atom. The van der Waals surface area contributed by atoms with Crippen LogP contribution in [0.1, 0.15) is 25.5 Å². The molecule has 0 aliphatic carbocycles. The van der Waals surface area contributed by atoms with Gasteiger partial charge in [0.2, 0.25) is 0 Å². The van der Waals surface area contributed by atoms with Crippen molar-refractivity contribution in [3.05, 3.63) is 18.0 Å². The maximum atomic E-state index is 5.40. The highest BCUT2D eigenvalue weighted by molar-refractivity contribution is 4.95. The van der Waals surface area contributed by atoms with Crippen molar-refractivity contribution in [1.82, 2.24) is 10.5 Å². The fourth-order valence-corrected chi connectivity index (χ4v) is 2.08. The second kappa shape index (κ2) is 5.28. The maximum Gasteiger partial charge on any atom is 0.124 e. The predicted octanol–water partition coefficient (Wildman–Crippen LogP) is 1.58. The third kappa shape index (κ3) is 2.79. The zero-order valence-electron chi connectivity index (χ0n) is 9.11. The molecule has 84 valence electrons. The van der Waals surface area contributed by atoms with Crippen LogP contribution in [0.3, 0.4) is 0 Å². The van der Waals surface area contributed by atoms with Gasteiger partial charge in [-0.25, -0.2) is 0 Å². The second-order valence-corrected chi connectivity index (χ2v) is 4.01. The molecule has 0 aromatic carbocycles. The summed E-state index contributed by atoms with van der Waals surface area (Å²) in [5.41, 5.74) is 0.965. The van der Waals surface area contributed by atoms with E-state index in [0.717, 1.165) is 31.9 Å². The summed E-state index contributed by atoms with van der Waals surface area (Å²) in [6, 6.07) is 2.43. The molecule has 0 radical (unpaired) electrons. The predicted molar refractivity (Wildman–Crippen MR) is 56.3 cm³/mol. The summed E-state index contributed by atoms with van der Waals surface area (Å²) in [5, 5.41) is 7.39. The molecule has 2 rings (SSSR count). The topological polar surface area (TPSA) is 47.3 Å². The first-order valence-corrected chi connectivity index (χ1v) is 5.60. The van der Waals surface area contributed by atoms with E-state index in [1.54, 1.807) is 6.26 Å². The van der Waals surface area contributed by atoms with Crippen LogP contribution in [0.25, 0.3) is 0 Å². The number of ether oxygens (including phenoxy) is 1. The van der Waals surface area contributed by atoms with Gasteiger partial charge in [0.05, 0.1) is 12.3 Å². The van der Waals surface area contributed by atoms with E-state index in [4.69, 9.17) is 9.26 Å². The molecule has 1 saturated heterocycles. The summed E-state index contributed by atoms with van der Waals surface area (Å²) >= 11 is 0. The number of nitrogens with one attached hydrogen (secondary N) is 1. The molecule has 1 aliphatic heterocycles. The minimum atomic E-state index is 0.532. The summed E-state index contributed by atoms with van der Waals surface area (Å²) in [6.07, 6.45) is 3.91. The molecular weight excluding hydrogens is 192 g/mol. The summed E-state index contributed by atoms with van der Waals surface area (Å²) in [5.74, 6) is 0.655. The van der Waals surface area contributed by atoms with Gasteiger partial charge < -0.3 is 14.6 Å². The van der Waals surface area contributed by atoms with E-state index < -0.39 is 0 Å². The van der Waals surface area contributed by atoms with Crippen LogP contribution in [-0.4, -0.2) is 24.4 Å². The second-order valence-electron chi connectivity index (χ2n) is 4.01. The molecule has 2 unspecified atom stereocenters. The average molecular weight is 210 g/mol. The zero-order chi connectivity index (χ0) is 10.5. The molecule has 4 nitrogen and oxygen atoms in total. The molecule has 1 aromatic heterocycles. The van der Waals surface area contributed by atoms with Gasteiger partial charge in [-0.3, -0.25) is 0 Å². The van der Waals surface area contributed by atoms with E-state index in [0.29, 0.717) is 12.0 Å². The molecule has 4 heteroatoms.